The molecule has 0 atom stereocenters. The van der Waals surface area contributed by atoms with Gasteiger partial charge >= 0.3 is 0 Å². The molecule has 5 nitrogen and oxygen atoms in total. The molecule has 3 aromatic rings. The molecule has 3 rings (SSSR count). The second kappa shape index (κ2) is 4.97. The maximum Gasteiger partial charge on any atom is 0.281 e. The van der Waals surface area contributed by atoms with Crippen LogP contribution in [0.4, 0.5) is 0 Å². The summed E-state index contributed by atoms with van der Waals surface area (Å²) in [6.45, 7) is 0. The van der Waals surface area contributed by atoms with E-state index in [4.69, 9.17) is 0 Å². The molecule has 0 aliphatic rings. The van der Waals surface area contributed by atoms with Gasteiger partial charge in [-0.15, -0.1) is 0 Å². The Morgan fingerprint density at radius 2 is 1.85 bits per heavy atom. The number of phenols is 1. The topological polar surface area (TPSA) is 67.5 Å². The van der Waals surface area contributed by atoms with E-state index in [1.54, 1.807) is 42.5 Å². The summed E-state index contributed by atoms with van der Waals surface area (Å²) in [6.07, 6.45) is 2.93. The van der Waals surface area contributed by atoms with Crippen molar-refractivity contribution >= 4 is 17.1 Å². The molecule has 0 unspecified atom stereocenters. The van der Waals surface area contributed by atoms with Crippen molar-refractivity contribution in [3.05, 3.63) is 70.8 Å². The van der Waals surface area contributed by atoms with E-state index in [2.05, 4.69) is 10.1 Å². The summed E-state index contributed by atoms with van der Waals surface area (Å²) in [4.78, 5) is 16.4. The van der Waals surface area contributed by atoms with Crippen molar-refractivity contribution in [3.63, 3.8) is 0 Å². The lowest BCUT2D eigenvalue weighted by molar-refractivity contribution is 0.475. The van der Waals surface area contributed by atoms with E-state index < -0.39 is 0 Å². The largest absolute Gasteiger partial charge is 0.508 e. The Labute approximate surface area is 114 Å². The molecule has 20 heavy (non-hydrogen) atoms. The van der Waals surface area contributed by atoms with Crippen LogP contribution in [0.1, 0.15) is 5.56 Å². The van der Waals surface area contributed by atoms with Gasteiger partial charge in [-0.05, 0) is 42.0 Å². The van der Waals surface area contributed by atoms with Crippen LogP contribution in [0.5, 0.6) is 5.75 Å². The van der Waals surface area contributed by atoms with Gasteiger partial charge in [0.15, 0.2) is 0 Å². The van der Waals surface area contributed by atoms with Gasteiger partial charge in [0.25, 0.3) is 5.56 Å². The zero-order valence-corrected chi connectivity index (χ0v) is 10.5. The molecule has 0 fully saturated rings. The first-order valence-corrected chi connectivity index (χ1v) is 6.04. The van der Waals surface area contributed by atoms with E-state index in [9.17, 15) is 9.90 Å². The monoisotopic (exact) mass is 265 g/mol. The van der Waals surface area contributed by atoms with E-state index in [0.29, 0.717) is 10.9 Å². The van der Waals surface area contributed by atoms with Gasteiger partial charge in [-0.2, -0.15) is 9.78 Å². The Morgan fingerprint density at radius 3 is 2.65 bits per heavy atom. The molecule has 0 aliphatic heterocycles. The Bertz CT molecular complexity index is 836. The average Bonchev–Trinajstić information content (AvgIpc) is 2.49. The van der Waals surface area contributed by atoms with Crippen LogP contribution in [-0.2, 0) is 0 Å². The molecule has 1 aromatic heterocycles. The molecule has 0 aliphatic carbocycles. The van der Waals surface area contributed by atoms with E-state index in [-0.39, 0.29) is 11.3 Å². The molecule has 0 amide bonds. The minimum atomic E-state index is -0.217. The van der Waals surface area contributed by atoms with Crippen LogP contribution >= 0.6 is 0 Å². The molecule has 98 valence electrons. The summed E-state index contributed by atoms with van der Waals surface area (Å²) in [5.41, 5.74) is 1.21. The van der Waals surface area contributed by atoms with E-state index in [0.717, 1.165) is 5.56 Å². The van der Waals surface area contributed by atoms with Crippen molar-refractivity contribution < 1.29 is 5.11 Å². The van der Waals surface area contributed by atoms with Gasteiger partial charge in [-0.1, -0.05) is 12.1 Å². The summed E-state index contributed by atoms with van der Waals surface area (Å²) in [5.74, 6) is 0.187. The molecule has 1 heterocycles. The van der Waals surface area contributed by atoms with E-state index in [1.165, 1.54) is 17.2 Å². The minimum absolute atomic E-state index is 0.187. The third kappa shape index (κ3) is 2.29. The first-order valence-electron chi connectivity index (χ1n) is 6.04. The van der Waals surface area contributed by atoms with Gasteiger partial charge in [-0.3, -0.25) is 4.79 Å². The summed E-state index contributed by atoms with van der Waals surface area (Å²) < 4.78 is 1.19. The molecule has 0 radical (unpaired) electrons. The SMILES string of the molecule is O=c1c2ccccc2ncn1/N=C/c1ccc(O)cc1. The highest BCUT2D eigenvalue weighted by Gasteiger charge is 2.01. The maximum atomic E-state index is 12.2. The predicted octanol–water partition coefficient (Wildman–Crippen LogP) is 1.98. The molecule has 0 saturated carbocycles. The average molecular weight is 265 g/mol. The molecule has 0 saturated heterocycles. The number of aromatic nitrogens is 2. The van der Waals surface area contributed by atoms with Crippen LogP contribution in [0, 0.1) is 0 Å². The predicted molar refractivity (Wildman–Crippen MR) is 77.1 cm³/mol. The van der Waals surface area contributed by atoms with Crippen molar-refractivity contribution in [3.8, 4) is 5.75 Å². The second-order valence-corrected chi connectivity index (χ2v) is 4.25. The van der Waals surface area contributed by atoms with Gasteiger partial charge < -0.3 is 5.11 Å². The fourth-order valence-electron chi connectivity index (χ4n) is 1.83. The number of fused-ring (bicyclic) bond motifs is 1. The van der Waals surface area contributed by atoms with Gasteiger partial charge in [0.2, 0.25) is 0 Å². The highest BCUT2D eigenvalue weighted by atomic mass is 16.3. The quantitative estimate of drug-likeness (QED) is 0.720. The number of hydrogen-bond acceptors (Lipinski definition) is 4. The molecule has 1 N–H and O–H groups in total. The molecule has 5 heteroatoms. The second-order valence-electron chi connectivity index (χ2n) is 4.25. The number of hydrogen-bond donors (Lipinski definition) is 1. The number of aromatic hydroxyl groups is 1. The minimum Gasteiger partial charge on any atom is -0.508 e. The highest BCUT2D eigenvalue weighted by Crippen LogP contribution is 2.08. The normalized spacial score (nSPS) is 11.2. The van der Waals surface area contributed by atoms with Crippen LogP contribution in [0.15, 0.2) is 64.8 Å². The van der Waals surface area contributed by atoms with Crippen molar-refractivity contribution in [2.24, 2.45) is 5.10 Å². The molecular formula is C15H11N3O2. The lowest BCUT2D eigenvalue weighted by Gasteiger charge is -2.00. The zero-order chi connectivity index (χ0) is 13.9. The first-order chi connectivity index (χ1) is 9.74. The number of rotatable bonds is 2. The maximum absolute atomic E-state index is 12.2. The number of para-hydroxylation sites is 1. The Balaban J connectivity index is 2.01. The standard InChI is InChI=1S/C15H11N3O2/c19-12-7-5-11(6-8-12)9-17-18-10-16-14-4-2-1-3-13(14)15(18)20/h1-10,19H/b17-9+. The Morgan fingerprint density at radius 1 is 1.10 bits per heavy atom. The van der Waals surface area contributed by atoms with Gasteiger partial charge in [0.05, 0.1) is 17.1 Å². The fourth-order valence-corrected chi connectivity index (χ4v) is 1.83. The lowest BCUT2D eigenvalue weighted by Crippen LogP contribution is -2.16. The van der Waals surface area contributed by atoms with Crippen molar-refractivity contribution in [2.45, 2.75) is 0 Å². The van der Waals surface area contributed by atoms with Crippen molar-refractivity contribution in [1.82, 2.24) is 9.66 Å². The van der Waals surface area contributed by atoms with E-state index in [1.807, 2.05) is 6.07 Å². The third-order valence-corrected chi connectivity index (χ3v) is 2.87. The summed E-state index contributed by atoms with van der Waals surface area (Å²) in [6, 6.07) is 13.7. The van der Waals surface area contributed by atoms with Crippen LogP contribution in [0.2, 0.25) is 0 Å². The third-order valence-electron chi connectivity index (χ3n) is 2.87. The van der Waals surface area contributed by atoms with Gasteiger partial charge in [-0.25, -0.2) is 4.98 Å². The van der Waals surface area contributed by atoms with E-state index >= 15 is 0 Å². The van der Waals surface area contributed by atoms with Crippen LogP contribution in [-0.4, -0.2) is 21.0 Å². The Hall–Kier alpha value is -2.95. The molecule has 0 spiro atoms. The molecule has 0 bridgehead atoms. The van der Waals surface area contributed by atoms with Gasteiger partial charge in [0, 0.05) is 0 Å². The zero-order valence-electron chi connectivity index (χ0n) is 10.5. The van der Waals surface area contributed by atoms with Crippen LogP contribution in [0.25, 0.3) is 10.9 Å². The van der Waals surface area contributed by atoms with Crippen LogP contribution < -0.4 is 5.56 Å². The smallest absolute Gasteiger partial charge is 0.281 e. The summed E-state index contributed by atoms with van der Waals surface area (Å²) in [7, 11) is 0. The van der Waals surface area contributed by atoms with Gasteiger partial charge in [0.1, 0.15) is 12.1 Å². The Kier molecular flexibility index (Phi) is 3.01. The summed E-state index contributed by atoms with van der Waals surface area (Å²) >= 11 is 0. The number of nitrogens with zero attached hydrogens (tertiary/aromatic N) is 3. The highest BCUT2D eigenvalue weighted by molar-refractivity contribution is 5.80. The van der Waals surface area contributed by atoms with Crippen molar-refractivity contribution in [2.75, 3.05) is 0 Å². The summed E-state index contributed by atoms with van der Waals surface area (Å²) in [5, 5.41) is 13.8. The molecular weight excluding hydrogens is 254 g/mol. The molecule has 2 aromatic carbocycles. The fraction of sp³-hybridized carbons (Fsp3) is 0. The van der Waals surface area contributed by atoms with Crippen LogP contribution in [0.3, 0.4) is 0 Å². The van der Waals surface area contributed by atoms with Crippen molar-refractivity contribution in [1.29, 1.82) is 0 Å². The first kappa shape index (κ1) is 12.1. The number of phenolic OH excluding ortho intramolecular Hbond substituents is 1. The number of benzene rings is 2. The lowest BCUT2D eigenvalue weighted by atomic mass is 10.2.